The number of nitrogens with zero attached hydrogens (tertiary/aromatic N) is 1. The molecule has 0 aliphatic carbocycles. The van der Waals surface area contributed by atoms with Crippen LogP contribution in [0, 0.1) is 0 Å². The van der Waals surface area contributed by atoms with E-state index >= 15 is 0 Å². The summed E-state index contributed by atoms with van der Waals surface area (Å²) < 4.78 is 1.13. The number of anilines is 1. The fourth-order valence-electron chi connectivity index (χ4n) is 1.03. The van der Waals surface area contributed by atoms with Gasteiger partial charge in [-0.2, -0.15) is 0 Å². The number of halogens is 1. The quantitative estimate of drug-likeness (QED) is 0.860. The van der Waals surface area contributed by atoms with Gasteiger partial charge in [-0.15, -0.1) is 11.3 Å². The Kier molecular flexibility index (Phi) is 4.18. The maximum absolute atomic E-state index is 5.74. The number of hydrogen-bond acceptors (Lipinski definition) is 4. The first-order valence-electron chi connectivity index (χ1n) is 4.05. The first-order valence-corrected chi connectivity index (χ1v) is 5.66. The van der Waals surface area contributed by atoms with Crippen LogP contribution >= 0.6 is 27.3 Å². The molecule has 1 rings (SSSR count). The van der Waals surface area contributed by atoms with Crippen LogP contribution in [0.2, 0.25) is 0 Å². The second kappa shape index (κ2) is 4.95. The highest BCUT2D eigenvalue weighted by Gasteiger charge is 2.07. The molecule has 1 aromatic heterocycles. The van der Waals surface area contributed by atoms with Crippen LogP contribution in [0.25, 0.3) is 0 Å². The maximum Gasteiger partial charge on any atom is 0.0918 e. The summed E-state index contributed by atoms with van der Waals surface area (Å²) >= 11 is 5.11. The molecular weight excluding hydrogens is 250 g/mol. The minimum Gasteiger partial charge on any atom is -0.365 e. The second-order valence-corrected chi connectivity index (χ2v) is 5.40. The zero-order valence-corrected chi connectivity index (χ0v) is 9.94. The molecule has 3 nitrogen and oxygen atoms in total. The zero-order valence-electron chi connectivity index (χ0n) is 7.53. The molecule has 13 heavy (non-hydrogen) atoms. The van der Waals surface area contributed by atoms with Crippen molar-refractivity contribution >= 4 is 32.3 Å². The lowest BCUT2D eigenvalue weighted by Crippen LogP contribution is -2.40. The predicted molar refractivity (Wildman–Crippen MR) is 62.3 cm³/mol. The number of thiophene rings is 1. The maximum atomic E-state index is 5.74. The van der Waals surface area contributed by atoms with Crippen molar-refractivity contribution in [3.05, 3.63) is 15.9 Å². The Hall–Kier alpha value is -0.100. The van der Waals surface area contributed by atoms with Crippen molar-refractivity contribution in [2.24, 2.45) is 11.5 Å². The van der Waals surface area contributed by atoms with Crippen LogP contribution in [0.3, 0.4) is 0 Å². The molecule has 1 unspecified atom stereocenters. The van der Waals surface area contributed by atoms with Crippen LogP contribution in [-0.4, -0.2) is 26.2 Å². The van der Waals surface area contributed by atoms with Crippen LogP contribution in [0.1, 0.15) is 0 Å². The van der Waals surface area contributed by atoms with Crippen LogP contribution in [0.15, 0.2) is 15.9 Å². The summed E-state index contributed by atoms with van der Waals surface area (Å²) in [5.74, 6) is 0. The van der Waals surface area contributed by atoms with Crippen LogP contribution < -0.4 is 16.4 Å². The van der Waals surface area contributed by atoms with Crippen LogP contribution in [0.5, 0.6) is 0 Å². The molecule has 0 aliphatic heterocycles. The Bertz CT molecular complexity index is 264. The van der Waals surface area contributed by atoms with Gasteiger partial charge in [-0.1, -0.05) is 0 Å². The van der Waals surface area contributed by atoms with Crippen molar-refractivity contribution < 1.29 is 0 Å². The van der Waals surface area contributed by atoms with E-state index in [0.717, 1.165) is 10.3 Å². The van der Waals surface area contributed by atoms with Gasteiger partial charge in [-0.25, -0.2) is 0 Å². The topological polar surface area (TPSA) is 55.3 Å². The summed E-state index contributed by atoms with van der Waals surface area (Å²) in [6, 6.07) is 4.15. The van der Waals surface area contributed by atoms with E-state index in [1.807, 2.05) is 13.1 Å². The van der Waals surface area contributed by atoms with Gasteiger partial charge in [0.15, 0.2) is 0 Å². The lowest BCUT2D eigenvalue weighted by Gasteiger charge is -2.20. The normalized spacial score (nSPS) is 12.9. The standard InChI is InChI=1S/C8H14BrN3S/c1-12(5-6(11)4-10)8-3-2-7(9)13-8/h2-3,6H,4-5,10-11H2,1H3. The largest absolute Gasteiger partial charge is 0.365 e. The van der Waals surface area contributed by atoms with E-state index in [4.69, 9.17) is 11.5 Å². The Morgan fingerprint density at radius 3 is 2.77 bits per heavy atom. The van der Waals surface area contributed by atoms with E-state index in [2.05, 4.69) is 26.9 Å². The lowest BCUT2D eigenvalue weighted by atomic mass is 10.3. The van der Waals surface area contributed by atoms with Gasteiger partial charge in [-0.3, -0.25) is 0 Å². The molecule has 0 amide bonds. The molecule has 0 saturated carbocycles. The molecular formula is C8H14BrN3S. The van der Waals surface area contributed by atoms with E-state index < -0.39 is 0 Å². The minimum atomic E-state index is 0.0471. The fourth-order valence-corrected chi connectivity index (χ4v) is 2.36. The van der Waals surface area contributed by atoms with Crippen LogP contribution in [0.4, 0.5) is 5.00 Å². The molecule has 74 valence electrons. The smallest absolute Gasteiger partial charge is 0.0918 e. The van der Waals surface area contributed by atoms with Gasteiger partial charge in [0.25, 0.3) is 0 Å². The summed E-state index contributed by atoms with van der Waals surface area (Å²) in [4.78, 5) is 2.12. The molecule has 1 heterocycles. The van der Waals surface area contributed by atoms with Crippen molar-refractivity contribution in [1.29, 1.82) is 0 Å². The molecule has 1 atom stereocenters. The van der Waals surface area contributed by atoms with E-state index in [-0.39, 0.29) is 6.04 Å². The summed E-state index contributed by atoms with van der Waals surface area (Å²) in [5.41, 5.74) is 11.2. The van der Waals surface area contributed by atoms with Gasteiger partial charge in [0.1, 0.15) is 0 Å². The van der Waals surface area contributed by atoms with E-state index in [9.17, 15) is 0 Å². The summed E-state index contributed by atoms with van der Waals surface area (Å²) in [6.07, 6.45) is 0. The molecule has 4 N–H and O–H groups in total. The molecule has 0 spiro atoms. The van der Waals surface area contributed by atoms with E-state index in [1.54, 1.807) is 11.3 Å². The molecule has 0 fully saturated rings. The van der Waals surface area contributed by atoms with E-state index in [0.29, 0.717) is 6.54 Å². The van der Waals surface area contributed by atoms with Crippen LogP contribution in [-0.2, 0) is 0 Å². The van der Waals surface area contributed by atoms with Gasteiger partial charge in [0.05, 0.1) is 8.79 Å². The first kappa shape index (κ1) is 11.0. The number of nitrogens with two attached hydrogens (primary N) is 2. The highest BCUT2D eigenvalue weighted by Crippen LogP contribution is 2.28. The summed E-state index contributed by atoms with van der Waals surface area (Å²) in [6.45, 7) is 1.32. The molecule has 1 aromatic rings. The summed E-state index contributed by atoms with van der Waals surface area (Å²) in [7, 11) is 2.02. The summed E-state index contributed by atoms with van der Waals surface area (Å²) in [5, 5.41) is 1.20. The van der Waals surface area contributed by atoms with Gasteiger partial charge < -0.3 is 16.4 Å². The second-order valence-electron chi connectivity index (χ2n) is 2.95. The lowest BCUT2D eigenvalue weighted by molar-refractivity contribution is 0.670. The van der Waals surface area contributed by atoms with Crippen molar-refractivity contribution in [2.75, 3.05) is 25.0 Å². The third kappa shape index (κ3) is 3.27. The van der Waals surface area contributed by atoms with Crippen molar-refractivity contribution in [3.8, 4) is 0 Å². The SMILES string of the molecule is CN(CC(N)CN)c1ccc(Br)s1. The van der Waals surface area contributed by atoms with Gasteiger partial charge in [-0.05, 0) is 28.1 Å². The molecule has 0 aliphatic rings. The van der Waals surface area contributed by atoms with Crippen molar-refractivity contribution in [2.45, 2.75) is 6.04 Å². The Balaban J connectivity index is 2.53. The fraction of sp³-hybridized carbons (Fsp3) is 0.500. The number of hydrogen-bond donors (Lipinski definition) is 2. The molecule has 0 radical (unpaired) electrons. The monoisotopic (exact) mass is 263 g/mol. The molecule has 0 aromatic carbocycles. The van der Waals surface area contributed by atoms with Gasteiger partial charge in [0, 0.05) is 26.2 Å². The highest BCUT2D eigenvalue weighted by atomic mass is 79.9. The zero-order chi connectivity index (χ0) is 9.84. The Labute approximate surface area is 90.8 Å². The van der Waals surface area contributed by atoms with Gasteiger partial charge >= 0.3 is 0 Å². The number of likely N-dealkylation sites (N-methyl/N-ethyl adjacent to an activating group) is 1. The molecule has 5 heteroatoms. The van der Waals surface area contributed by atoms with Gasteiger partial charge in [0.2, 0.25) is 0 Å². The third-order valence-corrected chi connectivity index (χ3v) is 3.48. The highest BCUT2D eigenvalue weighted by molar-refractivity contribution is 9.11. The average Bonchev–Trinajstić information content (AvgIpc) is 2.51. The minimum absolute atomic E-state index is 0.0471. The van der Waals surface area contributed by atoms with Crippen molar-refractivity contribution in [3.63, 3.8) is 0 Å². The van der Waals surface area contributed by atoms with E-state index in [1.165, 1.54) is 5.00 Å². The Morgan fingerprint density at radius 1 is 1.62 bits per heavy atom. The predicted octanol–water partition coefficient (Wildman–Crippen LogP) is 1.23. The third-order valence-electron chi connectivity index (χ3n) is 1.75. The van der Waals surface area contributed by atoms with Crippen molar-refractivity contribution in [1.82, 2.24) is 0 Å². The number of rotatable bonds is 4. The Morgan fingerprint density at radius 2 is 2.31 bits per heavy atom. The average molecular weight is 264 g/mol. The first-order chi connectivity index (χ1) is 6.13. The molecule has 0 saturated heterocycles. The molecule has 0 bridgehead atoms.